The molecular formula is C18H17NO3. The van der Waals surface area contributed by atoms with Gasteiger partial charge in [-0.05, 0) is 17.7 Å². The van der Waals surface area contributed by atoms with Crippen molar-refractivity contribution in [1.82, 2.24) is 4.90 Å². The number of benzene rings is 2. The SMILES string of the molecule is C=C(c1ccccc1)N(C)C(=O)c1ccccc1OC(C)=O. The monoisotopic (exact) mass is 295 g/mol. The van der Waals surface area contributed by atoms with Crippen LogP contribution in [0.4, 0.5) is 0 Å². The third kappa shape index (κ3) is 3.41. The smallest absolute Gasteiger partial charge is 0.308 e. The quantitative estimate of drug-likeness (QED) is 0.642. The van der Waals surface area contributed by atoms with Gasteiger partial charge in [0.2, 0.25) is 0 Å². The largest absolute Gasteiger partial charge is 0.426 e. The predicted molar refractivity (Wildman–Crippen MR) is 85.3 cm³/mol. The molecule has 0 saturated heterocycles. The summed E-state index contributed by atoms with van der Waals surface area (Å²) in [4.78, 5) is 25.2. The highest BCUT2D eigenvalue weighted by Gasteiger charge is 2.19. The van der Waals surface area contributed by atoms with E-state index in [0.29, 0.717) is 11.3 Å². The Morgan fingerprint density at radius 2 is 1.59 bits per heavy atom. The second-order valence-electron chi connectivity index (χ2n) is 4.77. The van der Waals surface area contributed by atoms with Crippen LogP contribution in [0.25, 0.3) is 5.70 Å². The average Bonchev–Trinajstić information content (AvgIpc) is 2.53. The lowest BCUT2D eigenvalue weighted by Gasteiger charge is -2.21. The van der Waals surface area contributed by atoms with Crippen LogP contribution in [-0.4, -0.2) is 23.8 Å². The van der Waals surface area contributed by atoms with Crippen LogP contribution < -0.4 is 4.74 Å². The number of amides is 1. The van der Waals surface area contributed by atoms with Crippen LogP contribution in [0.5, 0.6) is 5.75 Å². The van der Waals surface area contributed by atoms with Crippen molar-refractivity contribution in [2.45, 2.75) is 6.92 Å². The normalized spacial score (nSPS) is 9.91. The average molecular weight is 295 g/mol. The molecule has 0 radical (unpaired) electrons. The Bertz CT molecular complexity index is 707. The van der Waals surface area contributed by atoms with Gasteiger partial charge >= 0.3 is 5.97 Å². The second kappa shape index (κ2) is 6.72. The Morgan fingerprint density at radius 1 is 1.00 bits per heavy atom. The highest BCUT2D eigenvalue weighted by molar-refractivity contribution is 6.01. The Morgan fingerprint density at radius 3 is 2.23 bits per heavy atom. The van der Waals surface area contributed by atoms with E-state index in [1.54, 1.807) is 31.3 Å². The van der Waals surface area contributed by atoms with Crippen LogP contribution in [0.15, 0.2) is 61.2 Å². The van der Waals surface area contributed by atoms with Crippen molar-refractivity contribution in [2.75, 3.05) is 7.05 Å². The molecule has 4 nitrogen and oxygen atoms in total. The number of rotatable bonds is 4. The zero-order valence-corrected chi connectivity index (χ0v) is 12.6. The predicted octanol–water partition coefficient (Wildman–Crippen LogP) is 3.35. The van der Waals surface area contributed by atoms with Gasteiger partial charge in [-0.15, -0.1) is 0 Å². The highest BCUT2D eigenvalue weighted by atomic mass is 16.5. The Kier molecular flexibility index (Phi) is 4.73. The van der Waals surface area contributed by atoms with E-state index in [1.807, 2.05) is 30.3 Å². The number of carbonyl (C=O) groups is 2. The minimum Gasteiger partial charge on any atom is -0.426 e. The maximum absolute atomic E-state index is 12.6. The summed E-state index contributed by atoms with van der Waals surface area (Å²) < 4.78 is 5.09. The minimum atomic E-state index is -0.468. The van der Waals surface area contributed by atoms with Crippen LogP contribution in [0, 0.1) is 0 Å². The summed E-state index contributed by atoms with van der Waals surface area (Å²) >= 11 is 0. The molecular weight excluding hydrogens is 278 g/mol. The standard InChI is InChI=1S/C18H17NO3/c1-13(15-9-5-4-6-10-15)19(3)18(21)16-11-7-8-12-17(16)22-14(2)20/h4-12H,1H2,2-3H3. The van der Waals surface area contributed by atoms with Crippen LogP contribution in [0.1, 0.15) is 22.8 Å². The molecule has 0 unspecified atom stereocenters. The fourth-order valence-electron chi connectivity index (χ4n) is 2.01. The molecule has 2 aromatic rings. The maximum Gasteiger partial charge on any atom is 0.308 e. The first-order valence-electron chi connectivity index (χ1n) is 6.80. The van der Waals surface area contributed by atoms with Gasteiger partial charge in [-0.3, -0.25) is 9.59 Å². The van der Waals surface area contributed by atoms with Crippen molar-refractivity contribution in [3.63, 3.8) is 0 Å². The van der Waals surface area contributed by atoms with E-state index < -0.39 is 5.97 Å². The first-order chi connectivity index (χ1) is 10.5. The Hall–Kier alpha value is -2.88. The number of esters is 1. The van der Waals surface area contributed by atoms with Gasteiger partial charge in [-0.1, -0.05) is 49.0 Å². The van der Waals surface area contributed by atoms with E-state index in [1.165, 1.54) is 11.8 Å². The number of hydrogen-bond acceptors (Lipinski definition) is 3. The molecule has 112 valence electrons. The van der Waals surface area contributed by atoms with E-state index in [4.69, 9.17) is 4.74 Å². The molecule has 2 aromatic carbocycles. The molecule has 0 aromatic heterocycles. The van der Waals surface area contributed by atoms with Crippen molar-refractivity contribution in [1.29, 1.82) is 0 Å². The number of carbonyl (C=O) groups excluding carboxylic acids is 2. The molecule has 0 bridgehead atoms. The van der Waals surface area contributed by atoms with Gasteiger partial charge in [0.05, 0.1) is 5.56 Å². The van der Waals surface area contributed by atoms with E-state index in [9.17, 15) is 9.59 Å². The van der Waals surface area contributed by atoms with Crippen LogP contribution in [0.2, 0.25) is 0 Å². The third-order valence-electron chi connectivity index (χ3n) is 3.19. The summed E-state index contributed by atoms with van der Waals surface area (Å²) in [5.74, 6) is -0.511. The molecule has 0 aliphatic heterocycles. The lowest BCUT2D eigenvalue weighted by molar-refractivity contribution is -0.131. The molecule has 4 heteroatoms. The summed E-state index contributed by atoms with van der Waals surface area (Å²) in [6.45, 7) is 5.26. The van der Waals surface area contributed by atoms with Gasteiger partial charge in [0, 0.05) is 19.7 Å². The number of hydrogen-bond donors (Lipinski definition) is 0. The Balaban J connectivity index is 2.28. The first-order valence-corrected chi connectivity index (χ1v) is 6.80. The number of para-hydroxylation sites is 1. The summed E-state index contributed by atoms with van der Waals surface area (Å²) in [6, 6.07) is 16.1. The van der Waals surface area contributed by atoms with Crippen LogP contribution >= 0.6 is 0 Å². The van der Waals surface area contributed by atoms with Gasteiger partial charge in [-0.25, -0.2) is 0 Å². The zero-order chi connectivity index (χ0) is 16.1. The second-order valence-corrected chi connectivity index (χ2v) is 4.77. The van der Waals surface area contributed by atoms with E-state index in [2.05, 4.69) is 6.58 Å². The van der Waals surface area contributed by atoms with E-state index >= 15 is 0 Å². The van der Waals surface area contributed by atoms with Crippen molar-refractivity contribution < 1.29 is 14.3 Å². The topological polar surface area (TPSA) is 46.6 Å². The fourth-order valence-corrected chi connectivity index (χ4v) is 2.01. The molecule has 0 heterocycles. The van der Waals surface area contributed by atoms with Crippen molar-refractivity contribution >= 4 is 17.6 Å². The van der Waals surface area contributed by atoms with Crippen molar-refractivity contribution in [3.8, 4) is 5.75 Å². The minimum absolute atomic E-state index is 0.243. The maximum atomic E-state index is 12.6. The van der Waals surface area contributed by atoms with Gasteiger partial charge < -0.3 is 9.64 Å². The highest BCUT2D eigenvalue weighted by Crippen LogP contribution is 2.23. The van der Waals surface area contributed by atoms with Crippen molar-refractivity contribution in [2.24, 2.45) is 0 Å². The molecule has 1 amide bonds. The third-order valence-corrected chi connectivity index (χ3v) is 3.19. The van der Waals surface area contributed by atoms with E-state index in [0.717, 1.165) is 5.56 Å². The number of ether oxygens (including phenoxy) is 1. The molecule has 22 heavy (non-hydrogen) atoms. The summed E-state index contributed by atoms with van der Waals surface area (Å²) in [5, 5.41) is 0. The van der Waals surface area contributed by atoms with Gasteiger partial charge in [0.25, 0.3) is 5.91 Å². The molecule has 0 aliphatic rings. The van der Waals surface area contributed by atoms with Crippen LogP contribution in [-0.2, 0) is 4.79 Å². The molecule has 0 saturated carbocycles. The zero-order valence-electron chi connectivity index (χ0n) is 12.6. The lowest BCUT2D eigenvalue weighted by Crippen LogP contribution is -2.25. The summed E-state index contributed by atoms with van der Waals surface area (Å²) in [6.07, 6.45) is 0. The van der Waals surface area contributed by atoms with E-state index in [-0.39, 0.29) is 11.7 Å². The summed E-state index contributed by atoms with van der Waals surface area (Å²) in [7, 11) is 1.64. The van der Waals surface area contributed by atoms with Gasteiger partial charge in [0.15, 0.2) is 0 Å². The summed E-state index contributed by atoms with van der Waals surface area (Å²) in [5.41, 5.74) is 1.74. The molecule has 0 aliphatic carbocycles. The van der Waals surface area contributed by atoms with Crippen molar-refractivity contribution in [3.05, 3.63) is 72.3 Å². The van der Waals surface area contributed by atoms with Crippen LogP contribution in [0.3, 0.4) is 0 Å². The first kappa shape index (κ1) is 15.5. The lowest BCUT2D eigenvalue weighted by atomic mass is 10.1. The van der Waals surface area contributed by atoms with Gasteiger partial charge in [0.1, 0.15) is 5.75 Å². The molecule has 0 atom stereocenters. The fraction of sp³-hybridized carbons (Fsp3) is 0.111. The molecule has 0 N–H and O–H groups in total. The van der Waals surface area contributed by atoms with Gasteiger partial charge in [-0.2, -0.15) is 0 Å². The Labute approximate surface area is 129 Å². The molecule has 2 rings (SSSR count). The molecule has 0 fully saturated rings. The number of nitrogens with zero attached hydrogens (tertiary/aromatic N) is 1. The molecule has 0 spiro atoms.